The highest BCUT2D eigenvalue weighted by Crippen LogP contribution is 2.37. The van der Waals surface area contributed by atoms with Crippen LogP contribution in [0.3, 0.4) is 0 Å². The molecular formula is C22H28BrClN2O2. The van der Waals surface area contributed by atoms with Gasteiger partial charge in [-0.15, -0.1) is 0 Å². The normalized spacial score (nSPS) is 17.1. The van der Waals surface area contributed by atoms with Crippen LogP contribution in [0.15, 0.2) is 40.9 Å². The summed E-state index contributed by atoms with van der Waals surface area (Å²) in [4.78, 5) is 2.55. The Morgan fingerprint density at radius 2 is 2.14 bits per heavy atom. The molecule has 0 aromatic heterocycles. The van der Waals surface area contributed by atoms with E-state index in [1.807, 2.05) is 36.4 Å². The highest BCUT2D eigenvalue weighted by Gasteiger charge is 2.23. The molecule has 0 radical (unpaired) electrons. The van der Waals surface area contributed by atoms with Crippen molar-refractivity contribution in [3.8, 4) is 11.5 Å². The van der Waals surface area contributed by atoms with Crippen LogP contribution >= 0.6 is 27.5 Å². The lowest BCUT2D eigenvalue weighted by atomic mass is 10.1. The summed E-state index contributed by atoms with van der Waals surface area (Å²) in [6.07, 6.45) is 2.55. The maximum atomic E-state index is 6.18. The van der Waals surface area contributed by atoms with E-state index >= 15 is 0 Å². The molecule has 1 heterocycles. The Balaban J connectivity index is 1.70. The van der Waals surface area contributed by atoms with Gasteiger partial charge in [0.15, 0.2) is 11.5 Å². The number of hydrogen-bond donors (Lipinski definition) is 1. The number of nitrogens with one attached hydrogen (secondary N) is 1. The molecule has 2 aromatic rings. The topological polar surface area (TPSA) is 33.7 Å². The van der Waals surface area contributed by atoms with E-state index in [1.165, 1.54) is 19.4 Å². The Bertz CT molecular complexity index is 787. The molecule has 0 aliphatic carbocycles. The molecule has 4 nitrogen and oxygen atoms in total. The van der Waals surface area contributed by atoms with Crippen molar-refractivity contribution in [2.45, 2.75) is 39.0 Å². The fourth-order valence-electron chi connectivity index (χ4n) is 3.75. The van der Waals surface area contributed by atoms with Gasteiger partial charge in [0.05, 0.1) is 7.11 Å². The zero-order chi connectivity index (χ0) is 19.9. The molecular weight excluding hydrogens is 440 g/mol. The number of hydrogen-bond acceptors (Lipinski definition) is 4. The van der Waals surface area contributed by atoms with Gasteiger partial charge in [-0.1, -0.05) is 46.6 Å². The average molecular weight is 468 g/mol. The highest BCUT2D eigenvalue weighted by atomic mass is 79.9. The van der Waals surface area contributed by atoms with Crippen LogP contribution in [-0.2, 0) is 13.2 Å². The van der Waals surface area contributed by atoms with Gasteiger partial charge in [0, 0.05) is 34.2 Å². The van der Waals surface area contributed by atoms with E-state index in [1.54, 1.807) is 7.11 Å². The Kier molecular flexibility index (Phi) is 8.03. The first kappa shape index (κ1) is 21.4. The Morgan fingerprint density at radius 3 is 2.89 bits per heavy atom. The third-order valence-electron chi connectivity index (χ3n) is 5.25. The molecule has 1 aliphatic heterocycles. The summed E-state index contributed by atoms with van der Waals surface area (Å²) >= 11 is 9.77. The first-order valence-corrected chi connectivity index (χ1v) is 11.0. The van der Waals surface area contributed by atoms with Crippen molar-refractivity contribution >= 4 is 27.5 Å². The summed E-state index contributed by atoms with van der Waals surface area (Å²) in [6, 6.07) is 12.3. The number of halogens is 2. The average Bonchev–Trinajstić information content (AvgIpc) is 3.15. The predicted octanol–water partition coefficient (Wildman–Crippen LogP) is 5.26. The van der Waals surface area contributed by atoms with Gasteiger partial charge >= 0.3 is 0 Å². The SMILES string of the molecule is CCN1CCCC1CNCc1c(Br)ccc(OC)c1OCc1cccc(Cl)c1. The van der Waals surface area contributed by atoms with E-state index in [0.29, 0.717) is 17.7 Å². The summed E-state index contributed by atoms with van der Waals surface area (Å²) in [5, 5.41) is 4.33. The minimum atomic E-state index is 0.437. The third kappa shape index (κ3) is 5.41. The predicted molar refractivity (Wildman–Crippen MR) is 118 cm³/mol. The summed E-state index contributed by atoms with van der Waals surface area (Å²) in [7, 11) is 1.67. The van der Waals surface area contributed by atoms with Crippen LogP contribution in [0.25, 0.3) is 0 Å². The molecule has 28 heavy (non-hydrogen) atoms. The van der Waals surface area contributed by atoms with Gasteiger partial charge in [-0.2, -0.15) is 0 Å². The van der Waals surface area contributed by atoms with Crippen LogP contribution in [0.2, 0.25) is 5.02 Å². The van der Waals surface area contributed by atoms with Crippen LogP contribution in [0, 0.1) is 0 Å². The lowest BCUT2D eigenvalue weighted by Crippen LogP contribution is -2.37. The van der Waals surface area contributed by atoms with Gasteiger partial charge in [-0.25, -0.2) is 0 Å². The first-order chi connectivity index (χ1) is 13.6. The molecule has 1 saturated heterocycles. The van der Waals surface area contributed by atoms with Gasteiger partial charge < -0.3 is 14.8 Å². The van der Waals surface area contributed by atoms with E-state index in [-0.39, 0.29) is 0 Å². The van der Waals surface area contributed by atoms with Crippen LogP contribution in [-0.4, -0.2) is 37.7 Å². The van der Waals surface area contributed by atoms with Crippen molar-refractivity contribution < 1.29 is 9.47 Å². The molecule has 1 fully saturated rings. The molecule has 0 bridgehead atoms. The van der Waals surface area contributed by atoms with Crippen LogP contribution in [0.4, 0.5) is 0 Å². The zero-order valence-corrected chi connectivity index (χ0v) is 18.9. The van der Waals surface area contributed by atoms with Crippen molar-refractivity contribution in [1.82, 2.24) is 10.2 Å². The van der Waals surface area contributed by atoms with E-state index in [0.717, 1.165) is 46.7 Å². The molecule has 1 unspecified atom stereocenters. The largest absolute Gasteiger partial charge is 0.493 e. The van der Waals surface area contributed by atoms with Crippen molar-refractivity contribution in [3.05, 3.63) is 57.0 Å². The van der Waals surface area contributed by atoms with Crippen molar-refractivity contribution in [3.63, 3.8) is 0 Å². The standard InChI is InChI=1S/C22H28BrClN2O2/c1-3-26-11-5-8-18(26)13-25-14-19-20(23)9-10-21(27-2)22(19)28-15-16-6-4-7-17(24)12-16/h4,6-7,9-10,12,18,25H,3,5,8,11,13-15H2,1-2H3. The molecule has 0 spiro atoms. The molecule has 1 N–H and O–H groups in total. The number of methoxy groups -OCH3 is 1. The van der Waals surface area contributed by atoms with Crippen molar-refractivity contribution in [2.75, 3.05) is 26.7 Å². The molecule has 0 amide bonds. The molecule has 1 atom stereocenters. The number of rotatable bonds is 9. The molecule has 2 aromatic carbocycles. The maximum absolute atomic E-state index is 6.18. The van der Waals surface area contributed by atoms with Gasteiger partial charge in [-0.05, 0) is 55.8 Å². The fraction of sp³-hybridized carbons (Fsp3) is 0.455. The van der Waals surface area contributed by atoms with Gasteiger partial charge in [0.1, 0.15) is 6.61 Å². The lowest BCUT2D eigenvalue weighted by molar-refractivity contribution is 0.258. The van der Waals surface area contributed by atoms with Crippen molar-refractivity contribution in [2.24, 2.45) is 0 Å². The van der Waals surface area contributed by atoms with Gasteiger partial charge in [0.2, 0.25) is 0 Å². The number of likely N-dealkylation sites (tertiary alicyclic amines) is 1. The van der Waals surface area contributed by atoms with Crippen molar-refractivity contribution in [1.29, 1.82) is 0 Å². The molecule has 0 saturated carbocycles. The summed E-state index contributed by atoms with van der Waals surface area (Å²) in [6.45, 7) is 6.69. The quantitative estimate of drug-likeness (QED) is 0.545. The second kappa shape index (κ2) is 10.5. The number of nitrogens with zero attached hydrogens (tertiary/aromatic N) is 1. The van der Waals surface area contributed by atoms with E-state index in [9.17, 15) is 0 Å². The monoisotopic (exact) mass is 466 g/mol. The Labute approximate surface area is 181 Å². The van der Waals surface area contributed by atoms with E-state index in [4.69, 9.17) is 21.1 Å². The molecule has 152 valence electrons. The molecule has 3 rings (SSSR count). The third-order valence-corrected chi connectivity index (χ3v) is 6.22. The first-order valence-electron chi connectivity index (χ1n) is 9.79. The van der Waals surface area contributed by atoms with Crippen LogP contribution in [0.1, 0.15) is 30.9 Å². The number of likely N-dealkylation sites (N-methyl/N-ethyl adjacent to an activating group) is 1. The highest BCUT2D eigenvalue weighted by molar-refractivity contribution is 9.10. The van der Waals surface area contributed by atoms with Gasteiger partial charge in [-0.3, -0.25) is 4.90 Å². The number of benzene rings is 2. The fourth-order valence-corrected chi connectivity index (χ4v) is 4.42. The summed E-state index contributed by atoms with van der Waals surface area (Å²) < 4.78 is 12.8. The summed E-state index contributed by atoms with van der Waals surface area (Å²) in [5.41, 5.74) is 2.10. The van der Waals surface area contributed by atoms with E-state index in [2.05, 4.69) is 33.1 Å². The maximum Gasteiger partial charge on any atom is 0.167 e. The minimum absolute atomic E-state index is 0.437. The van der Waals surface area contributed by atoms with Gasteiger partial charge in [0.25, 0.3) is 0 Å². The Hall–Kier alpha value is -1.27. The number of ether oxygens (including phenoxy) is 2. The van der Waals surface area contributed by atoms with Crippen LogP contribution < -0.4 is 14.8 Å². The molecule has 1 aliphatic rings. The zero-order valence-electron chi connectivity index (χ0n) is 16.5. The molecule has 6 heteroatoms. The van der Waals surface area contributed by atoms with E-state index < -0.39 is 0 Å². The minimum Gasteiger partial charge on any atom is -0.493 e. The second-order valence-electron chi connectivity index (χ2n) is 7.03. The smallest absolute Gasteiger partial charge is 0.167 e. The van der Waals surface area contributed by atoms with Crippen LogP contribution in [0.5, 0.6) is 11.5 Å². The second-order valence-corrected chi connectivity index (χ2v) is 8.32. The Morgan fingerprint density at radius 1 is 1.29 bits per heavy atom. The lowest BCUT2D eigenvalue weighted by Gasteiger charge is -2.23. The summed E-state index contributed by atoms with van der Waals surface area (Å²) in [5.74, 6) is 1.50.